The van der Waals surface area contributed by atoms with Crippen molar-refractivity contribution in [2.45, 2.75) is 6.54 Å². The molecule has 3 heteroatoms. The molecular formula is C20H17NOS. The first kappa shape index (κ1) is 15.3. The summed E-state index contributed by atoms with van der Waals surface area (Å²) in [5, 5.41) is 2.03. The van der Waals surface area contributed by atoms with Crippen LogP contribution in [-0.2, 0) is 11.3 Å². The fourth-order valence-electron chi connectivity index (χ4n) is 2.28. The number of anilines is 1. The Morgan fingerprint density at radius 2 is 1.61 bits per heavy atom. The predicted octanol–water partition coefficient (Wildman–Crippen LogP) is 4.99. The average molecular weight is 319 g/mol. The number of thiophene rings is 1. The highest BCUT2D eigenvalue weighted by Gasteiger charge is 2.14. The van der Waals surface area contributed by atoms with Gasteiger partial charge in [-0.05, 0) is 35.2 Å². The van der Waals surface area contributed by atoms with E-state index in [1.807, 2.05) is 78.2 Å². The molecule has 0 bridgehead atoms. The van der Waals surface area contributed by atoms with Crippen LogP contribution < -0.4 is 4.90 Å². The molecule has 0 aliphatic heterocycles. The van der Waals surface area contributed by atoms with Crippen molar-refractivity contribution in [3.05, 3.63) is 94.7 Å². The summed E-state index contributed by atoms with van der Waals surface area (Å²) in [5.41, 5.74) is 1.92. The third kappa shape index (κ3) is 4.18. The molecule has 114 valence electrons. The molecule has 3 rings (SSSR count). The Bertz CT molecular complexity index is 764. The van der Waals surface area contributed by atoms with E-state index >= 15 is 0 Å². The maximum Gasteiger partial charge on any atom is 0.251 e. The van der Waals surface area contributed by atoms with Gasteiger partial charge in [0.2, 0.25) is 0 Å². The van der Waals surface area contributed by atoms with Crippen LogP contribution in [0.25, 0.3) is 6.08 Å². The molecule has 0 saturated heterocycles. The maximum atomic E-state index is 12.7. The molecule has 1 amide bonds. The molecule has 0 saturated carbocycles. The van der Waals surface area contributed by atoms with E-state index in [2.05, 4.69) is 6.07 Å². The Morgan fingerprint density at radius 3 is 2.26 bits per heavy atom. The lowest BCUT2D eigenvalue weighted by atomic mass is 10.2. The monoisotopic (exact) mass is 319 g/mol. The second-order valence-electron chi connectivity index (χ2n) is 5.08. The fourth-order valence-corrected chi connectivity index (χ4v) is 2.98. The van der Waals surface area contributed by atoms with Crippen molar-refractivity contribution in [2.24, 2.45) is 0 Å². The summed E-state index contributed by atoms with van der Waals surface area (Å²) in [7, 11) is 0. The summed E-state index contributed by atoms with van der Waals surface area (Å²) in [6.07, 6.45) is 3.49. The molecule has 0 atom stereocenters. The van der Waals surface area contributed by atoms with Crippen LogP contribution in [0.15, 0.2) is 84.3 Å². The average Bonchev–Trinajstić information content (AvgIpc) is 3.12. The van der Waals surface area contributed by atoms with Crippen LogP contribution in [0.4, 0.5) is 5.69 Å². The first-order chi connectivity index (χ1) is 11.3. The zero-order chi connectivity index (χ0) is 15.9. The molecule has 0 spiro atoms. The Balaban J connectivity index is 1.82. The van der Waals surface area contributed by atoms with Crippen LogP contribution in [0.3, 0.4) is 0 Å². The van der Waals surface area contributed by atoms with Gasteiger partial charge in [0.1, 0.15) is 0 Å². The minimum atomic E-state index is -0.0200. The summed E-state index contributed by atoms with van der Waals surface area (Å²) in [6.45, 7) is 0.583. The number of para-hydroxylation sites is 1. The van der Waals surface area contributed by atoms with E-state index < -0.39 is 0 Å². The summed E-state index contributed by atoms with van der Waals surface area (Å²) in [5.74, 6) is -0.0200. The third-order valence-corrected chi connectivity index (χ3v) is 4.31. The fraction of sp³-hybridized carbons (Fsp3) is 0.0500. The van der Waals surface area contributed by atoms with Crippen LogP contribution in [0.1, 0.15) is 10.4 Å². The van der Waals surface area contributed by atoms with Crippen molar-refractivity contribution in [3.8, 4) is 0 Å². The van der Waals surface area contributed by atoms with Crippen LogP contribution in [0, 0.1) is 0 Å². The summed E-state index contributed by atoms with van der Waals surface area (Å²) in [6, 6.07) is 23.7. The lowest BCUT2D eigenvalue weighted by Crippen LogP contribution is -2.28. The molecule has 2 nitrogen and oxygen atoms in total. The zero-order valence-electron chi connectivity index (χ0n) is 12.6. The van der Waals surface area contributed by atoms with Gasteiger partial charge in [-0.2, -0.15) is 0 Å². The molecule has 0 N–H and O–H groups in total. The largest absolute Gasteiger partial charge is 0.304 e. The Labute approximate surface area is 140 Å². The quantitative estimate of drug-likeness (QED) is 0.606. The number of amides is 1. The number of hydrogen-bond donors (Lipinski definition) is 0. The molecular weight excluding hydrogens is 302 g/mol. The number of nitrogens with zero attached hydrogens (tertiary/aromatic N) is 1. The maximum absolute atomic E-state index is 12.7. The number of rotatable bonds is 5. The van der Waals surface area contributed by atoms with Gasteiger partial charge in [0.15, 0.2) is 0 Å². The topological polar surface area (TPSA) is 20.3 Å². The van der Waals surface area contributed by atoms with Crippen LogP contribution in [-0.4, -0.2) is 5.91 Å². The molecule has 0 fully saturated rings. The lowest BCUT2D eigenvalue weighted by Gasteiger charge is -2.20. The summed E-state index contributed by atoms with van der Waals surface area (Å²) in [4.78, 5) is 15.6. The number of carbonyl (C=O) groups excluding carboxylic acids is 1. The van der Waals surface area contributed by atoms with E-state index in [-0.39, 0.29) is 5.91 Å². The third-order valence-electron chi connectivity index (χ3n) is 3.45. The molecule has 1 heterocycles. The summed E-state index contributed by atoms with van der Waals surface area (Å²) >= 11 is 1.66. The molecule has 0 unspecified atom stereocenters. The summed E-state index contributed by atoms with van der Waals surface area (Å²) < 4.78 is 0. The van der Waals surface area contributed by atoms with Crippen LogP contribution in [0.5, 0.6) is 0 Å². The van der Waals surface area contributed by atoms with Gasteiger partial charge in [-0.3, -0.25) is 4.79 Å². The van der Waals surface area contributed by atoms with Crippen molar-refractivity contribution in [1.82, 2.24) is 0 Å². The van der Waals surface area contributed by atoms with Gasteiger partial charge in [0, 0.05) is 16.6 Å². The molecule has 23 heavy (non-hydrogen) atoms. The number of hydrogen-bond acceptors (Lipinski definition) is 2. The van der Waals surface area contributed by atoms with E-state index in [1.54, 1.807) is 22.3 Å². The van der Waals surface area contributed by atoms with Gasteiger partial charge in [0.25, 0.3) is 5.91 Å². The lowest BCUT2D eigenvalue weighted by molar-refractivity contribution is -0.114. The van der Waals surface area contributed by atoms with Gasteiger partial charge in [0.05, 0.1) is 6.54 Å². The minimum Gasteiger partial charge on any atom is -0.304 e. The van der Waals surface area contributed by atoms with Gasteiger partial charge in [-0.1, -0.05) is 54.6 Å². The van der Waals surface area contributed by atoms with E-state index in [9.17, 15) is 4.79 Å². The number of benzene rings is 2. The van der Waals surface area contributed by atoms with Gasteiger partial charge in [-0.25, -0.2) is 0 Å². The standard InChI is InChI=1S/C20H17NOS/c22-20(14-13-17-8-3-1-4-9-17)21(16-19-12-7-15-23-19)18-10-5-2-6-11-18/h1-15H,16H2/b14-13+. The van der Waals surface area contributed by atoms with E-state index in [0.29, 0.717) is 6.54 Å². The highest BCUT2D eigenvalue weighted by atomic mass is 32.1. The minimum absolute atomic E-state index is 0.0200. The Morgan fingerprint density at radius 1 is 0.913 bits per heavy atom. The normalized spacial score (nSPS) is 10.8. The molecule has 0 aliphatic carbocycles. The molecule has 2 aromatic carbocycles. The number of carbonyl (C=O) groups is 1. The van der Waals surface area contributed by atoms with Crippen molar-refractivity contribution in [1.29, 1.82) is 0 Å². The second kappa shape index (κ2) is 7.56. The molecule has 0 radical (unpaired) electrons. The van der Waals surface area contributed by atoms with E-state index in [0.717, 1.165) is 16.1 Å². The van der Waals surface area contributed by atoms with Gasteiger partial charge < -0.3 is 4.90 Å². The van der Waals surface area contributed by atoms with Crippen molar-refractivity contribution >= 4 is 29.0 Å². The Kier molecular flexibility index (Phi) is 5.02. The first-order valence-electron chi connectivity index (χ1n) is 7.45. The van der Waals surface area contributed by atoms with Crippen molar-refractivity contribution in [3.63, 3.8) is 0 Å². The van der Waals surface area contributed by atoms with E-state index in [1.165, 1.54) is 0 Å². The molecule has 1 aromatic heterocycles. The zero-order valence-corrected chi connectivity index (χ0v) is 13.4. The molecule has 0 aliphatic rings. The first-order valence-corrected chi connectivity index (χ1v) is 8.33. The smallest absolute Gasteiger partial charge is 0.251 e. The SMILES string of the molecule is O=C(/C=C/c1ccccc1)N(Cc1cccs1)c1ccccc1. The molecule has 3 aromatic rings. The van der Waals surface area contributed by atoms with Crippen LogP contribution in [0.2, 0.25) is 0 Å². The van der Waals surface area contributed by atoms with Gasteiger partial charge in [-0.15, -0.1) is 11.3 Å². The van der Waals surface area contributed by atoms with E-state index in [4.69, 9.17) is 0 Å². The predicted molar refractivity (Wildman–Crippen MR) is 97.4 cm³/mol. The highest BCUT2D eigenvalue weighted by Crippen LogP contribution is 2.20. The van der Waals surface area contributed by atoms with Gasteiger partial charge >= 0.3 is 0 Å². The van der Waals surface area contributed by atoms with Crippen molar-refractivity contribution in [2.75, 3.05) is 4.90 Å². The van der Waals surface area contributed by atoms with Crippen LogP contribution >= 0.6 is 11.3 Å². The second-order valence-corrected chi connectivity index (χ2v) is 6.12. The highest BCUT2D eigenvalue weighted by molar-refractivity contribution is 7.09. The van der Waals surface area contributed by atoms with Crippen molar-refractivity contribution < 1.29 is 4.79 Å². The Hall–Kier alpha value is -2.65.